The molecule has 1 rings (SSSR count). The first-order valence-electron chi connectivity index (χ1n) is 7.73. The van der Waals surface area contributed by atoms with Gasteiger partial charge in [0.15, 0.2) is 0 Å². The van der Waals surface area contributed by atoms with Gasteiger partial charge in [0.05, 0.1) is 17.5 Å². The van der Waals surface area contributed by atoms with E-state index in [9.17, 15) is 23.1 Å². The molecule has 1 aromatic rings. The predicted molar refractivity (Wildman–Crippen MR) is 93.1 cm³/mol. The van der Waals surface area contributed by atoms with Crippen LogP contribution in [0.1, 0.15) is 47.4 Å². The summed E-state index contributed by atoms with van der Waals surface area (Å²) in [4.78, 5) is 25.7. The number of carbonyl (C=O) groups excluding carboxylic acids is 1. The Morgan fingerprint density at radius 3 is 1.96 bits per heavy atom. The third-order valence-corrected chi connectivity index (χ3v) is 4.75. The van der Waals surface area contributed by atoms with E-state index in [2.05, 4.69) is 0 Å². The second-order valence-electron chi connectivity index (χ2n) is 5.60. The molecule has 0 spiro atoms. The van der Waals surface area contributed by atoms with Gasteiger partial charge in [-0.2, -0.15) is 0 Å². The second-order valence-corrected chi connectivity index (χ2v) is 7.61. The average Bonchev–Trinajstić information content (AvgIpc) is 2.51. The molecule has 0 unspecified atom stereocenters. The fourth-order valence-electron chi connectivity index (χ4n) is 2.27. The minimum atomic E-state index is -3.57. The highest BCUT2D eigenvalue weighted by Crippen LogP contribution is 2.22. The largest absolute Gasteiger partial charge is 0.478 e. The Kier molecular flexibility index (Phi) is 6.77. The highest BCUT2D eigenvalue weighted by molar-refractivity contribution is 7.92. The maximum Gasteiger partial charge on any atom is 0.335 e. The highest BCUT2D eigenvalue weighted by atomic mass is 32.2. The lowest BCUT2D eigenvalue weighted by atomic mass is 10.1. The number of carboxylic acids is 1. The van der Waals surface area contributed by atoms with Crippen LogP contribution in [0.15, 0.2) is 18.2 Å². The molecule has 134 valence electrons. The molecule has 0 aliphatic carbocycles. The zero-order valence-electron chi connectivity index (χ0n) is 14.4. The van der Waals surface area contributed by atoms with E-state index in [0.29, 0.717) is 13.1 Å². The summed E-state index contributed by atoms with van der Waals surface area (Å²) in [6, 6.07) is 3.93. The molecule has 0 radical (unpaired) electrons. The number of sulfonamides is 1. The Bertz CT molecular complexity index is 709. The van der Waals surface area contributed by atoms with Crippen LogP contribution in [-0.4, -0.2) is 56.7 Å². The number of nitrogens with zero attached hydrogens (tertiary/aromatic N) is 2. The van der Waals surface area contributed by atoms with E-state index in [1.165, 1.54) is 25.2 Å². The van der Waals surface area contributed by atoms with Gasteiger partial charge in [-0.25, -0.2) is 13.2 Å². The third kappa shape index (κ3) is 4.95. The van der Waals surface area contributed by atoms with Crippen molar-refractivity contribution in [3.63, 3.8) is 0 Å². The van der Waals surface area contributed by atoms with E-state index < -0.39 is 16.0 Å². The standard InChI is InChI=1S/C16H24N2O5S/c1-5-7-18(8-6-2)15(19)12-9-13(16(20)21)11-14(10-12)17(3)24(4,22)23/h9-11H,5-8H2,1-4H3,(H,20,21). The third-order valence-electron chi connectivity index (χ3n) is 3.55. The van der Waals surface area contributed by atoms with Gasteiger partial charge in [-0.15, -0.1) is 0 Å². The van der Waals surface area contributed by atoms with Crippen LogP contribution in [0.5, 0.6) is 0 Å². The van der Waals surface area contributed by atoms with Crippen molar-refractivity contribution in [1.82, 2.24) is 4.90 Å². The van der Waals surface area contributed by atoms with Crippen molar-refractivity contribution in [1.29, 1.82) is 0 Å². The molecule has 0 saturated heterocycles. The molecule has 24 heavy (non-hydrogen) atoms. The SMILES string of the molecule is CCCN(CCC)C(=O)c1cc(C(=O)O)cc(N(C)S(C)(=O)=O)c1. The number of amides is 1. The minimum absolute atomic E-state index is 0.126. The number of hydrogen-bond donors (Lipinski definition) is 1. The lowest BCUT2D eigenvalue weighted by Gasteiger charge is -2.23. The fraction of sp³-hybridized carbons (Fsp3) is 0.500. The number of carboxylic acid groups (broad SMARTS) is 1. The predicted octanol–water partition coefficient (Wildman–Crippen LogP) is 2.04. The Hall–Kier alpha value is -2.09. The van der Waals surface area contributed by atoms with Crippen LogP contribution >= 0.6 is 0 Å². The van der Waals surface area contributed by atoms with Crippen LogP contribution in [0.3, 0.4) is 0 Å². The molecule has 8 heteroatoms. The molecule has 1 aromatic carbocycles. The van der Waals surface area contributed by atoms with Gasteiger partial charge in [-0.05, 0) is 31.0 Å². The van der Waals surface area contributed by atoms with Crippen LogP contribution in [0.2, 0.25) is 0 Å². The monoisotopic (exact) mass is 356 g/mol. The highest BCUT2D eigenvalue weighted by Gasteiger charge is 2.20. The summed E-state index contributed by atoms with van der Waals surface area (Å²) < 4.78 is 24.4. The van der Waals surface area contributed by atoms with Crippen molar-refractivity contribution in [2.75, 3.05) is 30.7 Å². The first-order valence-corrected chi connectivity index (χ1v) is 9.58. The molecule has 0 aliphatic rings. The Labute approximate surface area is 142 Å². The Morgan fingerprint density at radius 2 is 1.54 bits per heavy atom. The molecule has 7 nitrogen and oxygen atoms in total. The molecular formula is C16H24N2O5S. The van der Waals surface area contributed by atoms with E-state index >= 15 is 0 Å². The molecule has 1 amide bonds. The zero-order chi connectivity index (χ0) is 18.5. The number of rotatable bonds is 8. The Morgan fingerprint density at radius 1 is 1.04 bits per heavy atom. The van der Waals surface area contributed by atoms with Crippen molar-refractivity contribution in [3.8, 4) is 0 Å². The van der Waals surface area contributed by atoms with E-state index in [0.717, 1.165) is 23.4 Å². The smallest absolute Gasteiger partial charge is 0.335 e. The maximum absolute atomic E-state index is 12.7. The number of aromatic carboxylic acids is 1. The lowest BCUT2D eigenvalue weighted by molar-refractivity contribution is 0.0697. The summed E-state index contributed by atoms with van der Waals surface area (Å²) in [6.07, 6.45) is 2.57. The van der Waals surface area contributed by atoms with Crippen LogP contribution in [0.4, 0.5) is 5.69 Å². The first-order chi connectivity index (χ1) is 11.1. The zero-order valence-corrected chi connectivity index (χ0v) is 15.3. The van der Waals surface area contributed by atoms with Gasteiger partial charge in [0.2, 0.25) is 10.0 Å². The van der Waals surface area contributed by atoms with Crippen molar-refractivity contribution in [2.24, 2.45) is 0 Å². The van der Waals surface area contributed by atoms with Crippen LogP contribution < -0.4 is 4.31 Å². The second kappa shape index (κ2) is 8.14. The molecule has 0 fully saturated rings. The van der Waals surface area contributed by atoms with Gasteiger partial charge in [0.25, 0.3) is 5.91 Å². The van der Waals surface area contributed by atoms with Crippen molar-refractivity contribution < 1.29 is 23.1 Å². The quantitative estimate of drug-likeness (QED) is 0.769. The maximum atomic E-state index is 12.7. The summed E-state index contributed by atoms with van der Waals surface area (Å²) in [7, 11) is -2.25. The summed E-state index contributed by atoms with van der Waals surface area (Å²) in [6.45, 7) is 5.02. The molecule has 0 heterocycles. The van der Waals surface area contributed by atoms with E-state index in [-0.39, 0.29) is 22.7 Å². The lowest BCUT2D eigenvalue weighted by Crippen LogP contribution is -2.33. The Balaban J connectivity index is 3.39. The molecule has 1 N–H and O–H groups in total. The van der Waals surface area contributed by atoms with Gasteiger partial charge in [-0.1, -0.05) is 13.8 Å². The van der Waals surface area contributed by atoms with Crippen LogP contribution in [0, 0.1) is 0 Å². The van der Waals surface area contributed by atoms with E-state index in [4.69, 9.17) is 0 Å². The molecule has 0 bridgehead atoms. The molecular weight excluding hydrogens is 332 g/mol. The summed E-state index contributed by atoms with van der Waals surface area (Å²) in [5.74, 6) is -1.52. The van der Waals surface area contributed by atoms with Crippen molar-refractivity contribution in [2.45, 2.75) is 26.7 Å². The van der Waals surface area contributed by atoms with Crippen LogP contribution in [-0.2, 0) is 10.0 Å². The summed E-state index contributed by atoms with van der Waals surface area (Å²) >= 11 is 0. The number of benzene rings is 1. The molecule has 0 aromatic heterocycles. The average molecular weight is 356 g/mol. The van der Waals surface area contributed by atoms with Crippen molar-refractivity contribution >= 4 is 27.6 Å². The fourth-order valence-corrected chi connectivity index (χ4v) is 2.76. The molecule has 0 aliphatic heterocycles. The summed E-state index contributed by atoms with van der Waals surface area (Å²) in [5, 5.41) is 9.25. The van der Waals surface area contributed by atoms with Gasteiger partial charge < -0.3 is 10.0 Å². The number of anilines is 1. The van der Waals surface area contributed by atoms with Crippen molar-refractivity contribution in [3.05, 3.63) is 29.3 Å². The minimum Gasteiger partial charge on any atom is -0.478 e. The van der Waals surface area contributed by atoms with Gasteiger partial charge in [-0.3, -0.25) is 9.10 Å². The summed E-state index contributed by atoms with van der Waals surface area (Å²) in [5.41, 5.74) is 0.190. The van der Waals surface area contributed by atoms with Gasteiger partial charge in [0.1, 0.15) is 0 Å². The van der Waals surface area contributed by atoms with Crippen LogP contribution in [0.25, 0.3) is 0 Å². The molecule has 0 atom stereocenters. The van der Waals surface area contributed by atoms with Gasteiger partial charge >= 0.3 is 5.97 Å². The normalized spacial score (nSPS) is 11.2. The van der Waals surface area contributed by atoms with Gasteiger partial charge in [0, 0.05) is 25.7 Å². The van der Waals surface area contributed by atoms with E-state index in [1.807, 2.05) is 13.8 Å². The number of carbonyl (C=O) groups is 2. The first kappa shape index (κ1) is 20.0. The molecule has 0 saturated carbocycles. The number of hydrogen-bond acceptors (Lipinski definition) is 4. The van der Waals surface area contributed by atoms with E-state index in [1.54, 1.807) is 4.90 Å². The topological polar surface area (TPSA) is 95.0 Å².